The van der Waals surface area contributed by atoms with Crippen molar-refractivity contribution in [3.63, 3.8) is 0 Å². The molecule has 2 aromatic carbocycles. The molecule has 1 aliphatic rings. The first-order chi connectivity index (χ1) is 11.6. The molecule has 0 saturated carbocycles. The van der Waals surface area contributed by atoms with Crippen molar-refractivity contribution in [2.45, 2.75) is 6.54 Å². The fraction of sp³-hybridized carbons (Fsp3) is 0.278. The van der Waals surface area contributed by atoms with Crippen LogP contribution in [-0.2, 0) is 6.54 Å². The van der Waals surface area contributed by atoms with Gasteiger partial charge in [0.1, 0.15) is 0 Å². The van der Waals surface area contributed by atoms with Crippen LogP contribution in [0.2, 0.25) is 5.02 Å². The van der Waals surface area contributed by atoms with Crippen LogP contribution in [0.4, 0.5) is 0 Å². The van der Waals surface area contributed by atoms with Gasteiger partial charge in [-0.05, 0) is 39.7 Å². The third-order valence-corrected chi connectivity index (χ3v) is 5.16. The van der Waals surface area contributed by atoms with Crippen molar-refractivity contribution in [2.24, 2.45) is 0 Å². The van der Waals surface area contributed by atoms with E-state index in [1.165, 1.54) is 0 Å². The number of piperazine rings is 1. The highest BCUT2D eigenvalue weighted by atomic mass is 79.9. The number of hydrazine groups is 1. The Kier molecular flexibility index (Phi) is 5.89. The minimum Gasteiger partial charge on any atom is -0.296 e. The molecule has 2 aromatic rings. The van der Waals surface area contributed by atoms with E-state index in [0.29, 0.717) is 5.56 Å². The number of nitrogens with one attached hydrogen (secondary N) is 1. The van der Waals surface area contributed by atoms with Crippen molar-refractivity contribution in [1.29, 1.82) is 0 Å². The Hall–Kier alpha value is -1.40. The van der Waals surface area contributed by atoms with Gasteiger partial charge >= 0.3 is 0 Å². The predicted octanol–water partition coefficient (Wildman–Crippen LogP) is 3.57. The number of rotatable bonds is 4. The number of carbonyl (C=O) groups excluding carboxylic acids is 1. The van der Waals surface area contributed by atoms with Crippen LogP contribution >= 0.6 is 27.5 Å². The lowest BCUT2D eigenvalue weighted by Crippen LogP contribution is -2.53. The summed E-state index contributed by atoms with van der Waals surface area (Å²) in [6.45, 7) is 4.20. The van der Waals surface area contributed by atoms with E-state index in [-0.39, 0.29) is 5.91 Å². The summed E-state index contributed by atoms with van der Waals surface area (Å²) in [5.74, 6) is -0.0815. The number of carbonyl (C=O) groups is 1. The molecule has 1 fully saturated rings. The first-order valence-corrected chi connectivity index (χ1v) is 9.07. The molecule has 0 aliphatic carbocycles. The highest BCUT2D eigenvalue weighted by molar-refractivity contribution is 9.10. The molecule has 1 amide bonds. The molecule has 0 radical (unpaired) electrons. The molecule has 0 aromatic heterocycles. The Morgan fingerprint density at radius 1 is 1.04 bits per heavy atom. The summed E-state index contributed by atoms with van der Waals surface area (Å²) < 4.78 is 0.805. The zero-order valence-corrected chi connectivity index (χ0v) is 15.6. The van der Waals surface area contributed by atoms with Crippen molar-refractivity contribution in [3.05, 3.63) is 69.2 Å². The second kappa shape index (κ2) is 8.12. The summed E-state index contributed by atoms with van der Waals surface area (Å²) in [7, 11) is 0. The summed E-state index contributed by atoms with van der Waals surface area (Å²) in [4.78, 5) is 14.7. The van der Waals surface area contributed by atoms with Crippen LogP contribution in [0.25, 0.3) is 0 Å². The van der Waals surface area contributed by atoms with Crippen LogP contribution in [-0.4, -0.2) is 42.0 Å². The maximum atomic E-state index is 12.3. The Balaban J connectivity index is 1.51. The molecule has 126 valence electrons. The van der Waals surface area contributed by atoms with E-state index in [1.807, 2.05) is 47.5 Å². The molecule has 1 saturated heterocycles. The fourth-order valence-electron chi connectivity index (χ4n) is 2.73. The Morgan fingerprint density at radius 3 is 2.42 bits per heavy atom. The van der Waals surface area contributed by atoms with Crippen LogP contribution in [0, 0.1) is 0 Å². The Morgan fingerprint density at radius 2 is 1.71 bits per heavy atom. The summed E-state index contributed by atoms with van der Waals surface area (Å²) in [6.07, 6.45) is 0. The standard InChI is InChI=1S/C18H19BrClN3O/c19-16-7-3-2-6-15(16)18(24)21-23-11-9-22(10-12-23)13-14-5-1-4-8-17(14)20/h1-8H,9-13H2,(H,21,24). The van der Waals surface area contributed by atoms with E-state index >= 15 is 0 Å². The first kappa shape index (κ1) is 17.4. The minimum absolute atomic E-state index is 0.0815. The van der Waals surface area contributed by atoms with Gasteiger partial charge < -0.3 is 0 Å². The van der Waals surface area contributed by atoms with Gasteiger partial charge in [0.2, 0.25) is 0 Å². The average Bonchev–Trinajstić information content (AvgIpc) is 2.59. The van der Waals surface area contributed by atoms with E-state index in [4.69, 9.17) is 11.6 Å². The topological polar surface area (TPSA) is 35.6 Å². The molecule has 3 rings (SSSR count). The van der Waals surface area contributed by atoms with Gasteiger partial charge in [0.15, 0.2) is 0 Å². The molecule has 0 atom stereocenters. The lowest BCUT2D eigenvalue weighted by Gasteiger charge is -2.34. The number of hydrogen-bond donors (Lipinski definition) is 1. The molecule has 4 nitrogen and oxygen atoms in total. The van der Waals surface area contributed by atoms with Crippen LogP contribution < -0.4 is 5.43 Å². The summed E-state index contributed by atoms with van der Waals surface area (Å²) in [5, 5.41) is 2.78. The zero-order chi connectivity index (χ0) is 16.9. The molecule has 6 heteroatoms. The minimum atomic E-state index is -0.0815. The van der Waals surface area contributed by atoms with Crippen LogP contribution in [0.5, 0.6) is 0 Å². The summed E-state index contributed by atoms with van der Waals surface area (Å²) in [5.41, 5.74) is 4.78. The van der Waals surface area contributed by atoms with E-state index in [9.17, 15) is 4.79 Å². The monoisotopic (exact) mass is 407 g/mol. The smallest absolute Gasteiger partial charge is 0.266 e. The van der Waals surface area contributed by atoms with Crippen LogP contribution in [0.1, 0.15) is 15.9 Å². The quantitative estimate of drug-likeness (QED) is 0.840. The number of nitrogens with zero attached hydrogens (tertiary/aromatic N) is 2. The summed E-state index contributed by atoms with van der Waals surface area (Å²) in [6, 6.07) is 15.4. The largest absolute Gasteiger partial charge is 0.296 e. The SMILES string of the molecule is O=C(NN1CCN(Cc2ccccc2Cl)CC1)c1ccccc1Br. The average molecular weight is 409 g/mol. The van der Waals surface area contributed by atoms with Crippen molar-refractivity contribution in [1.82, 2.24) is 15.3 Å². The van der Waals surface area contributed by atoms with E-state index in [1.54, 1.807) is 0 Å². The molecule has 1 aliphatic heterocycles. The van der Waals surface area contributed by atoms with Crippen molar-refractivity contribution in [2.75, 3.05) is 26.2 Å². The third-order valence-electron chi connectivity index (χ3n) is 4.10. The normalized spacial score (nSPS) is 16.1. The number of hydrogen-bond acceptors (Lipinski definition) is 3. The predicted molar refractivity (Wildman–Crippen MR) is 99.9 cm³/mol. The van der Waals surface area contributed by atoms with Crippen LogP contribution in [0.3, 0.4) is 0 Å². The number of benzene rings is 2. The number of amides is 1. The van der Waals surface area contributed by atoms with Gasteiger partial charge in [0, 0.05) is 42.2 Å². The lowest BCUT2D eigenvalue weighted by molar-refractivity contribution is 0.0604. The molecular formula is C18H19BrClN3O. The molecule has 0 spiro atoms. The molecule has 24 heavy (non-hydrogen) atoms. The molecule has 0 unspecified atom stereocenters. The highest BCUT2D eigenvalue weighted by Crippen LogP contribution is 2.18. The van der Waals surface area contributed by atoms with Crippen molar-refractivity contribution < 1.29 is 4.79 Å². The van der Waals surface area contributed by atoms with Gasteiger partial charge in [0.05, 0.1) is 5.56 Å². The molecular weight excluding hydrogens is 390 g/mol. The molecule has 1 N–H and O–H groups in total. The highest BCUT2D eigenvalue weighted by Gasteiger charge is 2.20. The van der Waals surface area contributed by atoms with Gasteiger partial charge in [-0.15, -0.1) is 0 Å². The van der Waals surface area contributed by atoms with Gasteiger partial charge in [-0.1, -0.05) is 41.9 Å². The van der Waals surface area contributed by atoms with Gasteiger partial charge in [0.25, 0.3) is 5.91 Å². The second-order valence-electron chi connectivity index (χ2n) is 5.78. The fourth-order valence-corrected chi connectivity index (χ4v) is 3.39. The maximum absolute atomic E-state index is 12.3. The first-order valence-electron chi connectivity index (χ1n) is 7.90. The van der Waals surface area contributed by atoms with E-state index in [2.05, 4.69) is 32.3 Å². The maximum Gasteiger partial charge on any atom is 0.266 e. The van der Waals surface area contributed by atoms with Gasteiger partial charge in [-0.3, -0.25) is 15.1 Å². The van der Waals surface area contributed by atoms with Gasteiger partial charge in [-0.25, -0.2) is 5.01 Å². The van der Waals surface area contributed by atoms with E-state index in [0.717, 1.165) is 47.8 Å². The van der Waals surface area contributed by atoms with Crippen molar-refractivity contribution >= 4 is 33.4 Å². The molecule has 1 heterocycles. The van der Waals surface area contributed by atoms with Crippen LogP contribution in [0.15, 0.2) is 53.0 Å². The molecule has 0 bridgehead atoms. The lowest BCUT2D eigenvalue weighted by atomic mass is 10.2. The summed E-state index contributed by atoms with van der Waals surface area (Å²) >= 11 is 9.64. The number of halogens is 2. The second-order valence-corrected chi connectivity index (χ2v) is 7.04. The third kappa shape index (κ3) is 4.36. The van der Waals surface area contributed by atoms with Crippen molar-refractivity contribution in [3.8, 4) is 0 Å². The van der Waals surface area contributed by atoms with E-state index < -0.39 is 0 Å². The van der Waals surface area contributed by atoms with Gasteiger partial charge in [-0.2, -0.15) is 0 Å². The Bertz CT molecular complexity index is 717. The Labute approximate surface area is 155 Å². The zero-order valence-electron chi connectivity index (χ0n) is 13.2.